The molecule has 2 N–H and O–H groups in total. The Morgan fingerprint density at radius 2 is 1.23 bits per heavy atom. The molecular weight excluding hydrogens is 489 g/mol. The van der Waals surface area contributed by atoms with Crippen molar-refractivity contribution in [2.24, 2.45) is 0 Å². The number of hydrogen-bond acceptors (Lipinski definition) is 5. The van der Waals surface area contributed by atoms with Gasteiger partial charge in [0, 0.05) is 47.4 Å². The number of aromatic nitrogens is 1. The minimum absolute atomic E-state index is 0.0213. The Labute approximate surface area is 214 Å². The molecule has 2 aliphatic rings. The summed E-state index contributed by atoms with van der Waals surface area (Å²) in [5.74, 6) is -0.371. The molecule has 1 amide bonds. The first-order valence-corrected chi connectivity index (χ1v) is 12.5. The molecule has 2 aromatic carbocycles. The van der Waals surface area contributed by atoms with Crippen LogP contribution in [0.15, 0.2) is 48.5 Å². The van der Waals surface area contributed by atoms with Crippen LogP contribution in [-0.4, -0.2) is 57.0 Å². The van der Waals surface area contributed by atoms with Gasteiger partial charge in [-0.25, -0.2) is 4.79 Å². The van der Waals surface area contributed by atoms with Crippen LogP contribution in [-0.2, 0) is 12.8 Å². The highest BCUT2D eigenvalue weighted by molar-refractivity contribution is 6.30. The van der Waals surface area contributed by atoms with Gasteiger partial charge >= 0.3 is 6.09 Å². The third-order valence-corrected chi connectivity index (χ3v) is 7.37. The van der Waals surface area contributed by atoms with Crippen LogP contribution in [0.5, 0.6) is 11.8 Å². The van der Waals surface area contributed by atoms with E-state index in [0.29, 0.717) is 60.2 Å². The van der Waals surface area contributed by atoms with Gasteiger partial charge in [0.15, 0.2) is 0 Å². The number of carbonyl (C=O) groups is 1. The van der Waals surface area contributed by atoms with Crippen LogP contribution in [0, 0.1) is 0 Å². The van der Waals surface area contributed by atoms with Crippen LogP contribution in [0.25, 0.3) is 0 Å². The summed E-state index contributed by atoms with van der Waals surface area (Å²) >= 11 is 12.2. The first-order valence-electron chi connectivity index (χ1n) is 11.8. The number of amides is 1. The molecule has 35 heavy (non-hydrogen) atoms. The summed E-state index contributed by atoms with van der Waals surface area (Å²) in [6, 6.07) is 15.6. The number of nitrogens with zero attached hydrogens (tertiary/aromatic N) is 3. The van der Waals surface area contributed by atoms with Crippen molar-refractivity contribution in [1.29, 1.82) is 0 Å². The van der Waals surface area contributed by atoms with Crippen LogP contribution in [0.2, 0.25) is 10.0 Å². The minimum Gasteiger partial charge on any atom is -0.492 e. The molecule has 0 radical (unpaired) electrons. The SMILES string of the molecule is O=C(On1c(O)c2c(c1O)CCCC2)N1CCN(C(c2ccc(Cl)cc2)c2ccc(Cl)cc2)CC1. The summed E-state index contributed by atoms with van der Waals surface area (Å²) in [6.45, 7) is 2.12. The van der Waals surface area contributed by atoms with E-state index in [9.17, 15) is 15.0 Å². The fourth-order valence-electron chi connectivity index (χ4n) is 5.03. The maximum absolute atomic E-state index is 12.9. The second kappa shape index (κ2) is 10.0. The lowest BCUT2D eigenvalue weighted by molar-refractivity contribution is 0.0513. The van der Waals surface area contributed by atoms with E-state index in [2.05, 4.69) is 4.90 Å². The molecule has 1 fully saturated rings. The highest BCUT2D eigenvalue weighted by Gasteiger charge is 2.31. The Hall–Kier alpha value is -2.87. The number of piperazine rings is 1. The van der Waals surface area contributed by atoms with Crippen molar-refractivity contribution in [3.63, 3.8) is 0 Å². The molecule has 1 aromatic heterocycles. The zero-order valence-corrected chi connectivity index (χ0v) is 20.7. The van der Waals surface area contributed by atoms with Gasteiger partial charge in [0.05, 0.1) is 6.04 Å². The molecule has 0 atom stereocenters. The molecule has 184 valence electrons. The Morgan fingerprint density at radius 3 is 1.69 bits per heavy atom. The number of hydrogen-bond donors (Lipinski definition) is 2. The highest BCUT2D eigenvalue weighted by atomic mass is 35.5. The maximum atomic E-state index is 12.9. The topological polar surface area (TPSA) is 78.2 Å². The first-order chi connectivity index (χ1) is 16.9. The van der Waals surface area contributed by atoms with E-state index >= 15 is 0 Å². The van der Waals surface area contributed by atoms with Crippen molar-refractivity contribution in [3.05, 3.63) is 80.8 Å². The largest absolute Gasteiger partial charge is 0.492 e. The summed E-state index contributed by atoms with van der Waals surface area (Å²) in [5.41, 5.74) is 3.53. The second-order valence-corrected chi connectivity index (χ2v) is 9.86. The Kier molecular flexibility index (Phi) is 6.82. The zero-order chi connectivity index (χ0) is 24.5. The first kappa shape index (κ1) is 23.9. The lowest BCUT2D eigenvalue weighted by Crippen LogP contribution is -2.51. The van der Waals surface area contributed by atoms with Gasteiger partial charge in [-0.2, -0.15) is 0 Å². The van der Waals surface area contributed by atoms with Crippen LogP contribution < -0.4 is 4.84 Å². The van der Waals surface area contributed by atoms with E-state index in [1.807, 2.05) is 48.5 Å². The fraction of sp³-hybridized carbons (Fsp3) is 0.346. The lowest BCUT2D eigenvalue weighted by Gasteiger charge is -2.39. The molecule has 9 heteroatoms. The molecule has 3 aromatic rings. The summed E-state index contributed by atoms with van der Waals surface area (Å²) in [6.07, 6.45) is 2.59. The molecule has 1 aliphatic carbocycles. The number of carbonyl (C=O) groups excluding carboxylic acids is 1. The summed E-state index contributed by atoms with van der Waals surface area (Å²) in [5, 5.41) is 22.3. The molecule has 1 aliphatic heterocycles. The van der Waals surface area contributed by atoms with Crippen molar-refractivity contribution < 1.29 is 19.8 Å². The maximum Gasteiger partial charge on any atom is 0.434 e. The average molecular weight is 516 g/mol. The third kappa shape index (κ3) is 4.81. The van der Waals surface area contributed by atoms with Crippen LogP contribution >= 0.6 is 23.2 Å². The molecule has 0 spiro atoms. The van der Waals surface area contributed by atoms with E-state index in [-0.39, 0.29) is 17.8 Å². The van der Waals surface area contributed by atoms with Gasteiger partial charge in [-0.15, -0.1) is 4.73 Å². The standard InChI is InChI=1S/C26H27Cl2N3O4/c27-19-9-5-17(6-10-19)23(18-7-11-20(28)12-8-18)29-13-15-30(16-14-29)26(34)35-31-24(32)21-3-1-2-4-22(21)25(31)33/h5-12,23,32-33H,1-4,13-16H2. The van der Waals surface area contributed by atoms with Crippen molar-refractivity contribution >= 4 is 29.3 Å². The van der Waals surface area contributed by atoms with Crippen molar-refractivity contribution in [1.82, 2.24) is 14.5 Å². The Balaban J connectivity index is 1.30. The quantitative estimate of drug-likeness (QED) is 0.508. The van der Waals surface area contributed by atoms with Gasteiger partial charge in [0.2, 0.25) is 11.8 Å². The van der Waals surface area contributed by atoms with E-state index in [1.165, 1.54) is 0 Å². The number of rotatable bonds is 4. The van der Waals surface area contributed by atoms with Crippen molar-refractivity contribution in [2.75, 3.05) is 26.2 Å². The van der Waals surface area contributed by atoms with E-state index in [0.717, 1.165) is 28.7 Å². The average Bonchev–Trinajstić information content (AvgIpc) is 3.12. The summed E-state index contributed by atoms with van der Waals surface area (Å²) < 4.78 is 0.870. The van der Waals surface area contributed by atoms with Crippen LogP contribution in [0.1, 0.15) is 41.1 Å². The molecule has 0 bridgehead atoms. The number of benzene rings is 2. The predicted octanol–water partition coefficient (Wildman–Crippen LogP) is 5.04. The van der Waals surface area contributed by atoms with Gasteiger partial charge in [0.1, 0.15) is 0 Å². The smallest absolute Gasteiger partial charge is 0.434 e. The normalized spacial score (nSPS) is 16.4. The molecule has 7 nitrogen and oxygen atoms in total. The lowest BCUT2D eigenvalue weighted by atomic mass is 9.95. The van der Waals surface area contributed by atoms with Gasteiger partial charge in [0.25, 0.3) is 0 Å². The van der Waals surface area contributed by atoms with Crippen LogP contribution in [0.4, 0.5) is 4.79 Å². The minimum atomic E-state index is -0.600. The molecule has 2 heterocycles. The number of aromatic hydroxyl groups is 2. The highest BCUT2D eigenvalue weighted by Crippen LogP contribution is 2.38. The van der Waals surface area contributed by atoms with Gasteiger partial charge < -0.3 is 20.0 Å². The van der Waals surface area contributed by atoms with Gasteiger partial charge in [-0.3, -0.25) is 4.90 Å². The molecule has 1 saturated heterocycles. The van der Waals surface area contributed by atoms with E-state index in [4.69, 9.17) is 28.0 Å². The number of fused-ring (bicyclic) bond motifs is 1. The van der Waals surface area contributed by atoms with E-state index < -0.39 is 6.09 Å². The molecule has 0 saturated carbocycles. The number of halogens is 2. The molecule has 0 unspecified atom stereocenters. The van der Waals surface area contributed by atoms with E-state index in [1.54, 1.807) is 4.90 Å². The van der Waals surface area contributed by atoms with Crippen LogP contribution in [0.3, 0.4) is 0 Å². The fourth-order valence-corrected chi connectivity index (χ4v) is 5.29. The second-order valence-electron chi connectivity index (χ2n) is 8.99. The Morgan fingerprint density at radius 1 is 0.771 bits per heavy atom. The molecule has 5 rings (SSSR count). The summed E-state index contributed by atoms with van der Waals surface area (Å²) in [7, 11) is 0. The predicted molar refractivity (Wildman–Crippen MR) is 134 cm³/mol. The zero-order valence-electron chi connectivity index (χ0n) is 19.2. The van der Waals surface area contributed by atoms with Gasteiger partial charge in [-0.1, -0.05) is 47.5 Å². The molecular formula is C26H27Cl2N3O4. The monoisotopic (exact) mass is 515 g/mol. The third-order valence-electron chi connectivity index (χ3n) is 6.87. The van der Waals surface area contributed by atoms with Gasteiger partial charge in [-0.05, 0) is 61.1 Å². The Bertz CT molecular complexity index is 1130. The van der Waals surface area contributed by atoms with Crippen molar-refractivity contribution in [2.45, 2.75) is 31.7 Å². The van der Waals surface area contributed by atoms with Crippen molar-refractivity contribution in [3.8, 4) is 11.8 Å². The summed E-state index contributed by atoms with van der Waals surface area (Å²) in [4.78, 5) is 22.2.